The van der Waals surface area contributed by atoms with Crippen molar-refractivity contribution in [3.8, 4) is 0 Å². The minimum Gasteiger partial charge on any atom is -0.350 e. The molecule has 0 unspecified atom stereocenters. The number of carbonyl (C=O) groups excluding carboxylic acids is 1. The van der Waals surface area contributed by atoms with E-state index in [0.29, 0.717) is 5.69 Å². The summed E-state index contributed by atoms with van der Waals surface area (Å²) in [5.41, 5.74) is 4.77. The first kappa shape index (κ1) is 12.1. The van der Waals surface area contributed by atoms with Crippen molar-refractivity contribution in [1.29, 1.82) is 0 Å². The summed E-state index contributed by atoms with van der Waals surface area (Å²) in [5.74, 6) is -0.272. The number of amides is 1. The molecule has 2 N–H and O–H groups in total. The molecule has 20 heavy (non-hydrogen) atoms. The molecule has 5 heteroatoms. The maximum Gasteiger partial charge on any atom is 0.287 e. The fourth-order valence-electron chi connectivity index (χ4n) is 1.87. The van der Waals surface area contributed by atoms with Crippen LogP contribution in [0, 0.1) is 0 Å². The van der Waals surface area contributed by atoms with Crippen LogP contribution in [0.3, 0.4) is 0 Å². The molecule has 1 amide bonds. The summed E-state index contributed by atoms with van der Waals surface area (Å²) in [6.45, 7) is 0. The highest BCUT2D eigenvalue weighted by Gasteiger charge is 2.07. The highest BCUT2D eigenvalue weighted by atomic mass is 16.2. The molecule has 3 rings (SSSR count). The number of fused-ring (bicyclic) bond motifs is 1. The van der Waals surface area contributed by atoms with E-state index in [1.165, 1.54) is 0 Å². The van der Waals surface area contributed by atoms with Crippen molar-refractivity contribution in [2.45, 2.75) is 0 Å². The first-order chi connectivity index (χ1) is 9.83. The molecule has 0 aliphatic carbocycles. The summed E-state index contributed by atoms with van der Waals surface area (Å²) >= 11 is 0. The van der Waals surface area contributed by atoms with Crippen LogP contribution >= 0.6 is 0 Å². The molecule has 0 fully saturated rings. The maximum atomic E-state index is 11.9. The molecule has 2 aromatic heterocycles. The van der Waals surface area contributed by atoms with Gasteiger partial charge in [-0.25, -0.2) is 5.43 Å². The predicted octanol–water partition coefficient (Wildman–Crippen LogP) is 2.33. The molecular weight excluding hydrogens is 252 g/mol. The minimum absolute atomic E-state index is 0.272. The number of benzene rings is 1. The van der Waals surface area contributed by atoms with Crippen molar-refractivity contribution >= 4 is 23.0 Å². The normalized spacial score (nSPS) is 11.0. The van der Waals surface area contributed by atoms with Gasteiger partial charge in [-0.15, -0.1) is 0 Å². The Hall–Kier alpha value is -2.95. The number of nitrogens with zero attached hydrogens (tertiary/aromatic N) is 2. The molecule has 0 atom stereocenters. The molecule has 0 bridgehead atoms. The van der Waals surface area contributed by atoms with Gasteiger partial charge < -0.3 is 4.98 Å². The van der Waals surface area contributed by atoms with E-state index >= 15 is 0 Å². The number of H-pyrrole nitrogens is 1. The number of aromatic amines is 1. The van der Waals surface area contributed by atoms with Gasteiger partial charge in [0.2, 0.25) is 0 Å². The lowest BCUT2D eigenvalue weighted by Crippen LogP contribution is -2.17. The Labute approximate surface area is 115 Å². The van der Waals surface area contributed by atoms with Crippen LogP contribution in [0.4, 0.5) is 0 Å². The molecule has 98 valence electrons. The van der Waals surface area contributed by atoms with Crippen molar-refractivity contribution in [1.82, 2.24) is 15.4 Å². The van der Waals surface area contributed by atoms with E-state index in [4.69, 9.17) is 0 Å². The molecule has 5 nitrogen and oxygen atoms in total. The van der Waals surface area contributed by atoms with Crippen molar-refractivity contribution in [2.24, 2.45) is 5.10 Å². The first-order valence-corrected chi connectivity index (χ1v) is 6.14. The molecule has 0 saturated carbocycles. The molecule has 2 heterocycles. The third kappa shape index (κ3) is 2.56. The number of nitrogens with one attached hydrogen (secondary N) is 2. The zero-order chi connectivity index (χ0) is 13.8. The fourth-order valence-corrected chi connectivity index (χ4v) is 1.87. The molecule has 0 aliphatic rings. The van der Waals surface area contributed by atoms with E-state index in [9.17, 15) is 4.79 Å². The van der Waals surface area contributed by atoms with Gasteiger partial charge in [0.1, 0.15) is 5.69 Å². The number of hydrogen-bond acceptors (Lipinski definition) is 3. The van der Waals surface area contributed by atoms with Crippen LogP contribution in [-0.4, -0.2) is 22.1 Å². The standard InChI is InChI=1S/C15H12N4O/c20-15(19-17-10-11-5-7-16-8-6-11)14-9-12-3-1-2-4-13(12)18-14/h1-10,18H,(H,19,20). The Kier molecular flexibility index (Phi) is 3.24. The quantitative estimate of drug-likeness (QED) is 0.563. The predicted molar refractivity (Wildman–Crippen MR) is 77.6 cm³/mol. The summed E-state index contributed by atoms with van der Waals surface area (Å²) in [6.07, 6.45) is 4.91. The average Bonchev–Trinajstić information content (AvgIpc) is 2.92. The number of aromatic nitrogens is 2. The van der Waals surface area contributed by atoms with E-state index in [1.807, 2.05) is 24.3 Å². The van der Waals surface area contributed by atoms with Crippen LogP contribution in [0.2, 0.25) is 0 Å². The van der Waals surface area contributed by atoms with Gasteiger partial charge in [-0.1, -0.05) is 18.2 Å². The minimum atomic E-state index is -0.272. The lowest BCUT2D eigenvalue weighted by Gasteiger charge is -1.96. The SMILES string of the molecule is O=C(NN=Cc1ccncc1)c1cc2ccccc2[nH]1. The van der Waals surface area contributed by atoms with Gasteiger partial charge in [-0.2, -0.15) is 5.10 Å². The van der Waals surface area contributed by atoms with Crippen molar-refractivity contribution in [3.63, 3.8) is 0 Å². The second kappa shape index (κ2) is 5.36. The van der Waals surface area contributed by atoms with Crippen LogP contribution < -0.4 is 5.43 Å². The summed E-state index contributed by atoms with van der Waals surface area (Å²) in [5, 5.41) is 4.91. The van der Waals surface area contributed by atoms with Crippen molar-refractivity contribution < 1.29 is 4.79 Å². The number of hydrazone groups is 1. The van der Waals surface area contributed by atoms with Crippen LogP contribution in [-0.2, 0) is 0 Å². The van der Waals surface area contributed by atoms with Crippen LogP contribution in [0.25, 0.3) is 10.9 Å². The Balaban J connectivity index is 1.71. The van der Waals surface area contributed by atoms with Gasteiger partial charge in [0.15, 0.2) is 0 Å². The Bertz CT molecular complexity index is 729. The van der Waals surface area contributed by atoms with Gasteiger partial charge in [-0.05, 0) is 29.8 Å². The van der Waals surface area contributed by atoms with Crippen molar-refractivity contribution in [3.05, 3.63) is 66.1 Å². The molecule has 0 radical (unpaired) electrons. The van der Waals surface area contributed by atoms with Crippen molar-refractivity contribution in [2.75, 3.05) is 0 Å². The highest BCUT2D eigenvalue weighted by Crippen LogP contribution is 2.14. The molecule has 0 saturated heterocycles. The number of pyridine rings is 1. The first-order valence-electron chi connectivity index (χ1n) is 6.14. The second-order valence-corrected chi connectivity index (χ2v) is 4.25. The lowest BCUT2D eigenvalue weighted by atomic mass is 10.2. The largest absolute Gasteiger partial charge is 0.350 e. The van der Waals surface area contributed by atoms with Crippen LogP contribution in [0.1, 0.15) is 16.1 Å². The average molecular weight is 264 g/mol. The monoisotopic (exact) mass is 264 g/mol. The lowest BCUT2D eigenvalue weighted by molar-refractivity contribution is 0.0951. The maximum absolute atomic E-state index is 11.9. The molecule has 3 aromatic rings. The number of carbonyl (C=O) groups is 1. The summed E-state index contributed by atoms with van der Waals surface area (Å²) in [4.78, 5) is 18.9. The van der Waals surface area contributed by atoms with Gasteiger partial charge in [-0.3, -0.25) is 9.78 Å². The number of rotatable bonds is 3. The number of para-hydroxylation sites is 1. The van der Waals surface area contributed by atoms with E-state index in [1.54, 1.807) is 36.8 Å². The van der Waals surface area contributed by atoms with E-state index in [2.05, 4.69) is 20.5 Å². The van der Waals surface area contributed by atoms with E-state index < -0.39 is 0 Å². The number of hydrogen-bond donors (Lipinski definition) is 2. The Morgan fingerprint density at radius 2 is 2.00 bits per heavy atom. The molecule has 0 spiro atoms. The topological polar surface area (TPSA) is 70.1 Å². The fraction of sp³-hybridized carbons (Fsp3) is 0. The Morgan fingerprint density at radius 3 is 2.80 bits per heavy atom. The van der Waals surface area contributed by atoms with Crippen LogP contribution in [0.5, 0.6) is 0 Å². The second-order valence-electron chi connectivity index (χ2n) is 4.25. The highest BCUT2D eigenvalue weighted by molar-refractivity contribution is 5.98. The zero-order valence-corrected chi connectivity index (χ0v) is 10.6. The van der Waals surface area contributed by atoms with Gasteiger partial charge >= 0.3 is 0 Å². The van der Waals surface area contributed by atoms with Crippen LogP contribution in [0.15, 0.2) is 60.0 Å². The van der Waals surface area contributed by atoms with Gasteiger partial charge in [0.05, 0.1) is 6.21 Å². The van der Waals surface area contributed by atoms with E-state index in [0.717, 1.165) is 16.5 Å². The third-order valence-corrected chi connectivity index (χ3v) is 2.86. The van der Waals surface area contributed by atoms with Gasteiger partial charge in [0.25, 0.3) is 5.91 Å². The zero-order valence-electron chi connectivity index (χ0n) is 10.6. The molecular formula is C15H12N4O. The summed E-state index contributed by atoms with van der Waals surface area (Å²) < 4.78 is 0. The van der Waals surface area contributed by atoms with Gasteiger partial charge in [0, 0.05) is 23.3 Å². The molecule has 0 aliphatic heterocycles. The van der Waals surface area contributed by atoms with E-state index in [-0.39, 0.29) is 5.91 Å². The Morgan fingerprint density at radius 1 is 1.20 bits per heavy atom. The molecule has 1 aromatic carbocycles. The third-order valence-electron chi connectivity index (χ3n) is 2.86. The summed E-state index contributed by atoms with van der Waals surface area (Å²) in [6, 6.07) is 13.1. The summed E-state index contributed by atoms with van der Waals surface area (Å²) in [7, 11) is 0. The smallest absolute Gasteiger partial charge is 0.287 e.